The minimum absolute atomic E-state index is 0.311. The van der Waals surface area contributed by atoms with Crippen molar-refractivity contribution < 1.29 is 47.7 Å². The van der Waals surface area contributed by atoms with Crippen LogP contribution < -0.4 is 16.4 Å². The summed E-state index contributed by atoms with van der Waals surface area (Å²) in [6.45, 7) is 3.01. The van der Waals surface area contributed by atoms with Crippen molar-refractivity contribution in [2.24, 2.45) is 10.7 Å². The highest BCUT2D eigenvalue weighted by Crippen LogP contribution is 2.57. The Labute approximate surface area is 174 Å². The van der Waals surface area contributed by atoms with Crippen molar-refractivity contribution in [2.75, 3.05) is 6.61 Å². The molecule has 0 aliphatic carbocycles. The number of epoxide rings is 1. The second-order valence-corrected chi connectivity index (χ2v) is 7.16. The molecule has 0 aromatic rings. The van der Waals surface area contributed by atoms with Gasteiger partial charge in [0.2, 0.25) is 0 Å². The van der Waals surface area contributed by atoms with Gasteiger partial charge in [0.1, 0.15) is 12.7 Å². The normalized spacial score (nSPS) is 37.6. The lowest BCUT2D eigenvalue weighted by atomic mass is 10.1. The summed E-state index contributed by atoms with van der Waals surface area (Å²) in [6.07, 6.45) is -5.15. The highest BCUT2D eigenvalue weighted by Gasteiger charge is 2.89. The molecular weight excluding hydrogens is 422 g/mol. The van der Waals surface area contributed by atoms with Gasteiger partial charge in [0.15, 0.2) is 24.4 Å². The molecule has 15 heteroatoms. The lowest BCUT2D eigenvalue weighted by Gasteiger charge is -2.31. The van der Waals surface area contributed by atoms with Gasteiger partial charge in [-0.15, -0.1) is 0 Å². The number of amides is 3. The summed E-state index contributed by atoms with van der Waals surface area (Å²) in [7, 11) is 0. The molecule has 0 aromatic carbocycles. The molecule has 4 aliphatic rings. The number of carbonyl (C=O) groups excluding carboxylic acids is 5. The molecular formula is C16H19N5O10. The van der Waals surface area contributed by atoms with Crippen LogP contribution in [-0.2, 0) is 42.9 Å². The lowest BCUT2D eigenvalue weighted by Crippen LogP contribution is -2.58. The molecule has 4 N–H and O–H groups in total. The van der Waals surface area contributed by atoms with Crippen molar-refractivity contribution in [2.45, 2.75) is 56.9 Å². The van der Waals surface area contributed by atoms with E-state index in [0.717, 1.165) is 25.7 Å². The summed E-state index contributed by atoms with van der Waals surface area (Å²) >= 11 is 0. The van der Waals surface area contributed by atoms with Crippen LogP contribution in [0.3, 0.4) is 0 Å². The van der Waals surface area contributed by atoms with Crippen LogP contribution in [0.25, 0.3) is 0 Å². The minimum Gasteiger partial charge on any atom is -0.463 e. The number of hydrogen-bond donors (Lipinski definition) is 3. The van der Waals surface area contributed by atoms with E-state index >= 15 is 0 Å². The maximum absolute atomic E-state index is 12.8. The molecule has 168 valence electrons. The molecule has 0 radical (unpaired) electrons. The van der Waals surface area contributed by atoms with Crippen molar-refractivity contribution in [1.29, 1.82) is 0 Å². The van der Waals surface area contributed by atoms with Crippen molar-refractivity contribution in [3.05, 3.63) is 0 Å². The molecule has 6 atom stereocenters. The fraction of sp³-hybridized carbons (Fsp3) is 0.625. The quantitative estimate of drug-likeness (QED) is 0.223. The molecule has 3 fully saturated rings. The maximum atomic E-state index is 12.8. The number of nitrogens with zero attached hydrogens (tertiary/aromatic N) is 2. The maximum Gasteiger partial charge on any atom is 0.326 e. The predicted molar refractivity (Wildman–Crippen MR) is 93.1 cm³/mol. The highest BCUT2D eigenvalue weighted by molar-refractivity contribution is 6.09. The van der Waals surface area contributed by atoms with Crippen LogP contribution in [0.15, 0.2) is 4.99 Å². The molecule has 3 amide bonds. The fourth-order valence-corrected chi connectivity index (χ4v) is 3.85. The van der Waals surface area contributed by atoms with Crippen LogP contribution in [0.2, 0.25) is 0 Å². The molecule has 0 saturated carbocycles. The first-order valence-electron chi connectivity index (χ1n) is 9.12. The average molecular weight is 441 g/mol. The van der Waals surface area contributed by atoms with Gasteiger partial charge < -0.3 is 24.7 Å². The average Bonchev–Trinajstić information content (AvgIpc) is 3.07. The minimum atomic E-state index is -1.89. The van der Waals surface area contributed by atoms with E-state index in [2.05, 4.69) is 15.6 Å². The van der Waals surface area contributed by atoms with Gasteiger partial charge in [-0.25, -0.2) is 9.69 Å². The lowest BCUT2D eigenvalue weighted by molar-refractivity contribution is -0.168. The third-order valence-corrected chi connectivity index (χ3v) is 4.97. The van der Waals surface area contributed by atoms with Gasteiger partial charge in [-0.2, -0.15) is 4.99 Å². The van der Waals surface area contributed by atoms with Crippen molar-refractivity contribution in [3.8, 4) is 0 Å². The van der Waals surface area contributed by atoms with Crippen molar-refractivity contribution in [1.82, 2.24) is 15.5 Å². The Bertz CT molecular complexity index is 922. The number of nitrogens with one attached hydrogen (secondary N) is 2. The molecule has 4 rings (SSSR count). The van der Waals surface area contributed by atoms with Crippen molar-refractivity contribution >= 4 is 35.8 Å². The number of guanidine groups is 1. The number of hydrogen-bond acceptors (Lipinski definition) is 12. The Morgan fingerprint density at radius 2 is 1.77 bits per heavy atom. The van der Waals surface area contributed by atoms with E-state index < -0.39 is 66.0 Å². The third-order valence-electron chi connectivity index (χ3n) is 4.97. The van der Waals surface area contributed by atoms with Crippen LogP contribution in [-0.4, -0.2) is 83.4 Å². The Morgan fingerprint density at radius 1 is 1.13 bits per heavy atom. The molecule has 0 aromatic heterocycles. The first kappa shape index (κ1) is 20.8. The van der Waals surface area contributed by atoms with Gasteiger partial charge in [0.05, 0.1) is 0 Å². The Hall–Kier alpha value is -3.46. The number of ether oxygens (including phenoxy) is 5. The van der Waals surface area contributed by atoms with E-state index in [0.29, 0.717) is 0 Å². The molecule has 31 heavy (non-hydrogen) atoms. The summed E-state index contributed by atoms with van der Waals surface area (Å²) in [5, 5.41) is 4.61. The van der Waals surface area contributed by atoms with Gasteiger partial charge in [0.25, 0.3) is 11.6 Å². The molecule has 3 saturated heterocycles. The molecule has 4 heterocycles. The number of urea groups is 1. The van der Waals surface area contributed by atoms with Crippen LogP contribution in [0.4, 0.5) is 4.79 Å². The zero-order chi connectivity index (χ0) is 22.7. The van der Waals surface area contributed by atoms with E-state index in [1.807, 2.05) is 0 Å². The van der Waals surface area contributed by atoms with Crippen LogP contribution >= 0.6 is 0 Å². The molecule has 15 nitrogen and oxygen atoms in total. The summed E-state index contributed by atoms with van der Waals surface area (Å²) in [5.74, 6) is -5.11. The monoisotopic (exact) mass is 441 g/mol. The van der Waals surface area contributed by atoms with Crippen LogP contribution in [0.1, 0.15) is 20.8 Å². The fourth-order valence-electron chi connectivity index (χ4n) is 3.85. The zero-order valence-corrected chi connectivity index (χ0v) is 16.6. The number of rotatable bonds is 5. The Morgan fingerprint density at radius 3 is 2.39 bits per heavy atom. The van der Waals surface area contributed by atoms with E-state index in [9.17, 15) is 24.0 Å². The number of nitrogens with two attached hydrogens (primary N) is 1. The van der Waals surface area contributed by atoms with Gasteiger partial charge in [-0.3, -0.25) is 34.5 Å². The molecule has 2 unspecified atom stereocenters. The molecule has 0 spiro atoms. The third kappa shape index (κ3) is 3.04. The topological polar surface area (TPSA) is 200 Å². The Balaban J connectivity index is 1.71. The largest absolute Gasteiger partial charge is 0.463 e. The first-order valence-corrected chi connectivity index (χ1v) is 9.12. The first-order chi connectivity index (χ1) is 14.5. The van der Waals surface area contributed by atoms with E-state index in [1.54, 1.807) is 0 Å². The summed E-state index contributed by atoms with van der Waals surface area (Å²) in [5.41, 5.74) is 3.79. The zero-order valence-electron chi connectivity index (χ0n) is 16.6. The van der Waals surface area contributed by atoms with Gasteiger partial charge in [-0.05, 0) is 0 Å². The standard InChI is InChI=1S/C16H19N5O10/c1-5(22)27-4-8-9(28-6(2)23)10(29-7(3)24)11(30-8)21-14(26)20-15-12(25)18-13(17)19-16(15,21)31-15/h8-11H,4H2,1-3H3,(H,20,26)(H3,17,18,19,25)/t8-,9-,10-,11-,15?,16?/m1/s1. The number of aliphatic imine (C=N–C) groups is 1. The predicted octanol–water partition coefficient (Wildman–Crippen LogP) is -3.01. The smallest absolute Gasteiger partial charge is 0.326 e. The summed E-state index contributed by atoms with van der Waals surface area (Å²) < 4.78 is 26.8. The van der Waals surface area contributed by atoms with Crippen LogP contribution in [0.5, 0.6) is 0 Å². The van der Waals surface area contributed by atoms with E-state index in [1.165, 1.54) is 0 Å². The van der Waals surface area contributed by atoms with Gasteiger partial charge in [-0.1, -0.05) is 0 Å². The number of carbonyl (C=O) groups is 5. The summed E-state index contributed by atoms with van der Waals surface area (Å²) in [6, 6.07) is -0.836. The molecule has 4 aliphatic heterocycles. The van der Waals surface area contributed by atoms with E-state index in [4.69, 9.17) is 29.4 Å². The second kappa shape index (κ2) is 6.78. The SMILES string of the molecule is CC(=O)OC[C@H]1O[C@@H](N2C(=O)NC34OC23N=C(N)NC4=O)[C@H](OC(C)=O)[C@@H]1OC(C)=O. The highest BCUT2D eigenvalue weighted by atomic mass is 16.7. The van der Waals surface area contributed by atoms with Crippen molar-refractivity contribution in [3.63, 3.8) is 0 Å². The van der Waals surface area contributed by atoms with Gasteiger partial charge in [0, 0.05) is 20.8 Å². The Kier molecular flexibility index (Phi) is 4.55. The summed E-state index contributed by atoms with van der Waals surface area (Å²) in [4.78, 5) is 64.7. The van der Waals surface area contributed by atoms with Crippen LogP contribution in [0, 0.1) is 0 Å². The number of esters is 3. The van der Waals surface area contributed by atoms with Gasteiger partial charge >= 0.3 is 29.8 Å². The molecule has 0 bridgehead atoms. The van der Waals surface area contributed by atoms with E-state index in [-0.39, 0.29) is 12.6 Å². The second-order valence-electron chi connectivity index (χ2n) is 7.16.